The molecule has 5 nitrogen and oxygen atoms in total. The van der Waals surface area contributed by atoms with E-state index in [9.17, 15) is 9.00 Å². The minimum Gasteiger partial charge on any atom is -0.480 e. The Morgan fingerprint density at radius 3 is 2.40 bits per heavy atom. The van der Waals surface area contributed by atoms with E-state index in [2.05, 4.69) is 4.72 Å². The van der Waals surface area contributed by atoms with Crippen LogP contribution in [0.4, 0.5) is 0 Å². The van der Waals surface area contributed by atoms with Crippen LogP contribution in [0.2, 0.25) is 0 Å². The first-order valence-corrected chi connectivity index (χ1v) is 4.07. The Labute approximate surface area is 60.6 Å². The quantitative estimate of drug-likeness (QED) is 0.466. The average Bonchev–Trinajstić information content (AvgIpc) is 1.81. The highest BCUT2D eigenvalue weighted by atomic mass is 32.2. The van der Waals surface area contributed by atoms with E-state index in [0.29, 0.717) is 0 Å². The van der Waals surface area contributed by atoms with E-state index >= 15 is 0 Å². The molecule has 0 aromatic carbocycles. The van der Waals surface area contributed by atoms with Crippen molar-refractivity contribution in [3.05, 3.63) is 0 Å². The maximum absolute atomic E-state index is 10.3. The van der Waals surface area contributed by atoms with Gasteiger partial charge in [-0.1, -0.05) is 0 Å². The van der Waals surface area contributed by atoms with Gasteiger partial charge in [0.2, 0.25) is 0 Å². The van der Waals surface area contributed by atoms with Gasteiger partial charge in [-0.05, 0) is 0 Å². The summed E-state index contributed by atoms with van der Waals surface area (Å²) in [6.07, 6.45) is 1.30. The number of carbonyl (C=O) groups is 1. The molecule has 0 fully saturated rings. The molecule has 2 atom stereocenters. The van der Waals surface area contributed by atoms with Crippen LogP contribution < -0.4 is 4.72 Å². The van der Waals surface area contributed by atoms with Crippen LogP contribution in [0.15, 0.2) is 0 Å². The van der Waals surface area contributed by atoms with Gasteiger partial charge >= 0.3 is 5.97 Å². The van der Waals surface area contributed by atoms with Crippen LogP contribution in [0.3, 0.4) is 0 Å². The van der Waals surface area contributed by atoms with E-state index in [4.69, 9.17) is 10.2 Å². The lowest BCUT2D eigenvalue weighted by molar-refractivity contribution is -0.139. The molecule has 10 heavy (non-hydrogen) atoms. The summed E-state index contributed by atoms with van der Waals surface area (Å²) in [6.45, 7) is -0.561. The summed E-state index contributed by atoms with van der Waals surface area (Å²) in [5.41, 5.74) is 0. The van der Waals surface area contributed by atoms with Gasteiger partial charge in [-0.3, -0.25) is 4.79 Å². The second-order valence-corrected chi connectivity index (χ2v) is 2.79. The van der Waals surface area contributed by atoms with Crippen LogP contribution in [0, 0.1) is 0 Å². The van der Waals surface area contributed by atoms with E-state index in [1.807, 2.05) is 0 Å². The minimum atomic E-state index is -1.41. The van der Waals surface area contributed by atoms with Crippen LogP contribution in [-0.2, 0) is 15.8 Å². The van der Waals surface area contributed by atoms with E-state index < -0.39 is 29.6 Å². The lowest BCUT2D eigenvalue weighted by Gasteiger charge is -2.07. The first-order valence-electron chi connectivity index (χ1n) is 2.51. The number of hydrogen-bond acceptors (Lipinski definition) is 3. The molecule has 0 aliphatic rings. The number of carboxylic acids is 1. The molecule has 0 heterocycles. The molecule has 3 N–H and O–H groups in total. The molecule has 0 amide bonds. The van der Waals surface area contributed by atoms with Crippen molar-refractivity contribution in [2.24, 2.45) is 0 Å². The molecular formula is C4H9NO4S. The fourth-order valence-electron chi connectivity index (χ4n) is 0.366. The molecule has 0 aliphatic heterocycles. The average molecular weight is 167 g/mol. The Morgan fingerprint density at radius 2 is 2.30 bits per heavy atom. The second-order valence-electron chi connectivity index (χ2n) is 1.65. The molecule has 0 aliphatic carbocycles. The van der Waals surface area contributed by atoms with E-state index in [1.165, 1.54) is 6.26 Å². The predicted molar refractivity (Wildman–Crippen MR) is 35.7 cm³/mol. The third-order valence-electron chi connectivity index (χ3n) is 0.789. The van der Waals surface area contributed by atoms with Gasteiger partial charge in [0.1, 0.15) is 6.04 Å². The summed E-state index contributed by atoms with van der Waals surface area (Å²) in [6, 6.07) is -1.13. The Balaban J connectivity index is 3.83. The maximum Gasteiger partial charge on any atom is 0.324 e. The second kappa shape index (κ2) is 4.37. The Morgan fingerprint density at radius 1 is 1.80 bits per heavy atom. The van der Waals surface area contributed by atoms with Gasteiger partial charge in [-0.15, -0.1) is 0 Å². The molecule has 0 radical (unpaired) electrons. The van der Waals surface area contributed by atoms with Gasteiger partial charge < -0.3 is 10.2 Å². The Bertz CT molecular complexity index is 148. The van der Waals surface area contributed by atoms with Crippen molar-refractivity contribution in [2.75, 3.05) is 12.9 Å². The minimum absolute atomic E-state index is 0.561. The number of hydrogen-bond donors (Lipinski definition) is 3. The lowest BCUT2D eigenvalue weighted by Crippen LogP contribution is -2.40. The fraction of sp³-hybridized carbons (Fsp3) is 0.750. The normalized spacial score (nSPS) is 16.2. The monoisotopic (exact) mass is 167 g/mol. The van der Waals surface area contributed by atoms with Crippen molar-refractivity contribution in [3.63, 3.8) is 0 Å². The van der Waals surface area contributed by atoms with Gasteiger partial charge in [-0.25, -0.2) is 8.93 Å². The van der Waals surface area contributed by atoms with Crippen molar-refractivity contribution in [3.8, 4) is 0 Å². The first-order chi connectivity index (χ1) is 4.57. The SMILES string of the molecule is CS(=O)N[C@@H](CO)C(=O)O. The van der Waals surface area contributed by atoms with Gasteiger partial charge in [0.05, 0.1) is 17.6 Å². The van der Waals surface area contributed by atoms with Crippen molar-refractivity contribution in [1.29, 1.82) is 0 Å². The van der Waals surface area contributed by atoms with Crippen molar-refractivity contribution in [2.45, 2.75) is 6.04 Å². The molecule has 0 spiro atoms. The summed E-state index contributed by atoms with van der Waals surface area (Å²) in [5, 5.41) is 16.6. The number of carboxylic acid groups (broad SMARTS) is 1. The van der Waals surface area contributed by atoms with E-state index in [1.54, 1.807) is 0 Å². The number of aliphatic hydroxyl groups is 1. The van der Waals surface area contributed by atoms with E-state index in [-0.39, 0.29) is 0 Å². The van der Waals surface area contributed by atoms with Crippen LogP contribution in [0.25, 0.3) is 0 Å². The van der Waals surface area contributed by atoms with Gasteiger partial charge in [0.15, 0.2) is 0 Å². The largest absolute Gasteiger partial charge is 0.480 e. The van der Waals surface area contributed by atoms with Crippen LogP contribution in [0.5, 0.6) is 0 Å². The fourth-order valence-corrected chi connectivity index (χ4v) is 0.942. The number of nitrogens with one attached hydrogen (secondary N) is 1. The molecule has 0 rings (SSSR count). The van der Waals surface area contributed by atoms with Crippen LogP contribution >= 0.6 is 0 Å². The number of rotatable bonds is 4. The number of aliphatic carboxylic acids is 1. The molecule has 60 valence electrons. The van der Waals surface area contributed by atoms with Gasteiger partial charge in [0.25, 0.3) is 0 Å². The first kappa shape index (κ1) is 9.54. The highest BCUT2D eigenvalue weighted by molar-refractivity contribution is 7.82. The maximum atomic E-state index is 10.3. The predicted octanol–water partition coefficient (Wildman–Crippen LogP) is -1.68. The standard InChI is InChI=1S/C4H9NO4S/c1-10(9)5-3(2-6)4(7)8/h3,5-6H,2H2,1H3,(H,7,8)/t3-,10?/m0/s1. The third kappa shape index (κ3) is 3.54. The summed E-state index contributed by atoms with van der Waals surface area (Å²) in [5.74, 6) is -1.21. The molecular weight excluding hydrogens is 158 g/mol. The van der Waals surface area contributed by atoms with Crippen molar-refractivity contribution in [1.82, 2.24) is 4.72 Å². The zero-order valence-corrected chi connectivity index (χ0v) is 6.22. The highest BCUT2D eigenvalue weighted by Gasteiger charge is 2.15. The smallest absolute Gasteiger partial charge is 0.324 e. The molecule has 1 unspecified atom stereocenters. The summed E-state index contributed by atoms with van der Waals surface area (Å²) in [4.78, 5) is 10.1. The topological polar surface area (TPSA) is 86.6 Å². The van der Waals surface area contributed by atoms with Gasteiger partial charge in [-0.2, -0.15) is 0 Å². The number of aliphatic hydroxyl groups excluding tert-OH is 1. The molecule has 0 bridgehead atoms. The molecule has 0 aromatic heterocycles. The van der Waals surface area contributed by atoms with Crippen molar-refractivity contribution >= 4 is 17.0 Å². The van der Waals surface area contributed by atoms with Crippen LogP contribution in [-0.4, -0.2) is 39.3 Å². The highest BCUT2D eigenvalue weighted by Crippen LogP contribution is 1.81. The summed E-state index contributed by atoms with van der Waals surface area (Å²) in [7, 11) is -1.41. The molecule has 6 heteroatoms. The molecule has 0 saturated carbocycles. The Kier molecular flexibility index (Phi) is 4.17. The lowest BCUT2D eigenvalue weighted by atomic mass is 10.3. The summed E-state index contributed by atoms with van der Waals surface area (Å²) < 4.78 is 12.5. The van der Waals surface area contributed by atoms with Gasteiger partial charge in [0, 0.05) is 6.26 Å². The molecule has 0 saturated heterocycles. The molecule has 0 aromatic rings. The zero-order valence-electron chi connectivity index (χ0n) is 5.40. The van der Waals surface area contributed by atoms with Crippen molar-refractivity contribution < 1.29 is 19.2 Å². The Hall–Kier alpha value is -0.460. The zero-order chi connectivity index (χ0) is 8.15. The third-order valence-corrected chi connectivity index (χ3v) is 1.41. The summed E-state index contributed by atoms with van der Waals surface area (Å²) >= 11 is 0. The van der Waals surface area contributed by atoms with Crippen LogP contribution in [0.1, 0.15) is 0 Å². The van der Waals surface area contributed by atoms with E-state index in [0.717, 1.165) is 0 Å².